The molecule has 0 aromatic rings. The molecule has 0 spiro atoms. The van der Waals surface area contributed by atoms with Gasteiger partial charge in [-0.2, -0.15) is 0 Å². The van der Waals surface area contributed by atoms with E-state index in [1.807, 2.05) is 5.32 Å². The molecule has 1 fully saturated rings. The molecule has 0 aromatic heterocycles. The highest BCUT2D eigenvalue weighted by Crippen LogP contribution is 2.09. The van der Waals surface area contributed by atoms with Crippen molar-refractivity contribution in [3.05, 3.63) is 0 Å². The Morgan fingerprint density at radius 1 is 1.42 bits per heavy atom. The molecule has 1 rings (SSSR count). The Hall–Kier alpha value is -1.59. The molecule has 0 aromatic carbocycles. The fraction of sp³-hybridized carbons (Fsp3) is 0.500. The predicted molar refractivity (Wildman–Crippen MR) is 37.1 cm³/mol. The zero-order valence-corrected chi connectivity index (χ0v) is 6.24. The maximum Gasteiger partial charge on any atom is 0.406 e. The molecule has 0 unspecified atom stereocenters. The summed E-state index contributed by atoms with van der Waals surface area (Å²) < 4.78 is 0. The van der Waals surface area contributed by atoms with Crippen LogP contribution in [0.4, 0.5) is 4.79 Å². The highest BCUT2D eigenvalue weighted by Gasteiger charge is 2.28. The molecule has 2 N–H and O–H groups in total. The Morgan fingerprint density at radius 3 is 2.33 bits per heavy atom. The number of imide groups is 1. The Kier molecular flexibility index (Phi) is 2.27. The van der Waals surface area contributed by atoms with E-state index in [-0.39, 0.29) is 31.3 Å². The molecule has 0 atom stereocenters. The standard InChI is InChI=1S/C6H8N2O4/c9-4-1-2-5(10)8(4)3-7-6(11)12/h7H,1-3H2,(H,11,12). The maximum atomic E-state index is 10.9. The van der Waals surface area contributed by atoms with Crippen LogP contribution in [-0.2, 0) is 9.59 Å². The summed E-state index contributed by atoms with van der Waals surface area (Å²) in [4.78, 5) is 32.6. The van der Waals surface area contributed by atoms with Gasteiger partial charge in [0.2, 0.25) is 11.8 Å². The minimum atomic E-state index is -1.25. The zero-order valence-electron chi connectivity index (χ0n) is 6.24. The number of rotatable bonds is 2. The minimum absolute atomic E-state index is 0.181. The summed E-state index contributed by atoms with van der Waals surface area (Å²) in [5, 5.41) is 10.1. The normalized spacial score (nSPS) is 16.8. The number of carbonyl (C=O) groups excluding carboxylic acids is 2. The molecule has 1 aliphatic rings. The number of nitrogens with one attached hydrogen (secondary N) is 1. The number of carboxylic acid groups (broad SMARTS) is 1. The van der Waals surface area contributed by atoms with Crippen LogP contribution in [0.1, 0.15) is 12.8 Å². The summed E-state index contributed by atoms with van der Waals surface area (Å²) in [5.74, 6) is -0.650. The van der Waals surface area contributed by atoms with Gasteiger partial charge in [-0.3, -0.25) is 14.5 Å². The van der Waals surface area contributed by atoms with Crippen molar-refractivity contribution in [2.75, 3.05) is 6.67 Å². The van der Waals surface area contributed by atoms with E-state index in [0.29, 0.717) is 0 Å². The monoisotopic (exact) mass is 172 g/mol. The maximum absolute atomic E-state index is 10.9. The molecule has 0 bridgehead atoms. The summed E-state index contributed by atoms with van der Waals surface area (Å²) in [7, 11) is 0. The van der Waals surface area contributed by atoms with Crippen molar-refractivity contribution >= 4 is 17.9 Å². The molecule has 6 nitrogen and oxygen atoms in total. The number of amides is 3. The highest BCUT2D eigenvalue weighted by atomic mass is 16.4. The highest BCUT2D eigenvalue weighted by molar-refractivity contribution is 6.02. The number of hydrogen-bond acceptors (Lipinski definition) is 3. The summed E-state index contributed by atoms with van der Waals surface area (Å²) in [6.07, 6.45) is -0.886. The summed E-state index contributed by atoms with van der Waals surface area (Å²) in [6.45, 7) is -0.243. The van der Waals surface area contributed by atoms with Gasteiger partial charge in [0.15, 0.2) is 0 Å². The second-order valence-corrected chi connectivity index (χ2v) is 2.36. The number of likely N-dealkylation sites (tertiary alicyclic amines) is 1. The van der Waals surface area contributed by atoms with Gasteiger partial charge in [0.1, 0.15) is 6.67 Å². The Bertz CT molecular complexity index is 222. The molecule has 6 heteroatoms. The third-order valence-electron chi connectivity index (χ3n) is 1.54. The zero-order chi connectivity index (χ0) is 9.14. The molecule has 0 radical (unpaired) electrons. The minimum Gasteiger partial charge on any atom is -0.465 e. The van der Waals surface area contributed by atoms with Gasteiger partial charge in [-0.15, -0.1) is 0 Å². The lowest BCUT2D eigenvalue weighted by atomic mass is 10.4. The number of carbonyl (C=O) groups is 3. The van der Waals surface area contributed by atoms with Gasteiger partial charge >= 0.3 is 6.09 Å². The van der Waals surface area contributed by atoms with Crippen molar-refractivity contribution in [1.82, 2.24) is 10.2 Å². The van der Waals surface area contributed by atoms with Gasteiger partial charge in [-0.05, 0) is 0 Å². The van der Waals surface area contributed by atoms with E-state index in [0.717, 1.165) is 4.90 Å². The fourth-order valence-corrected chi connectivity index (χ4v) is 0.946. The van der Waals surface area contributed by atoms with E-state index in [1.54, 1.807) is 0 Å². The van der Waals surface area contributed by atoms with E-state index < -0.39 is 6.09 Å². The van der Waals surface area contributed by atoms with Gasteiger partial charge in [0.25, 0.3) is 0 Å². The summed E-state index contributed by atoms with van der Waals surface area (Å²) >= 11 is 0. The lowest BCUT2D eigenvalue weighted by molar-refractivity contribution is -0.138. The second-order valence-electron chi connectivity index (χ2n) is 2.36. The van der Waals surface area contributed by atoms with E-state index in [1.165, 1.54) is 0 Å². The van der Waals surface area contributed by atoms with Crippen molar-refractivity contribution in [2.45, 2.75) is 12.8 Å². The van der Waals surface area contributed by atoms with E-state index in [9.17, 15) is 14.4 Å². The van der Waals surface area contributed by atoms with Gasteiger partial charge in [0.05, 0.1) is 0 Å². The lowest BCUT2D eigenvalue weighted by Crippen LogP contribution is -2.39. The first kappa shape index (κ1) is 8.51. The fourth-order valence-electron chi connectivity index (χ4n) is 0.946. The van der Waals surface area contributed by atoms with Gasteiger partial charge in [-0.1, -0.05) is 0 Å². The molecular formula is C6H8N2O4. The van der Waals surface area contributed by atoms with Crippen LogP contribution < -0.4 is 5.32 Å². The molecule has 0 aliphatic carbocycles. The van der Waals surface area contributed by atoms with E-state index in [2.05, 4.69) is 0 Å². The molecular weight excluding hydrogens is 164 g/mol. The SMILES string of the molecule is O=C(O)NCN1C(=O)CCC1=O. The molecule has 0 saturated carbocycles. The van der Waals surface area contributed by atoms with E-state index in [4.69, 9.17) is 5.11 Å². The largest absolute Gasteiger partial charge is 0.465 e. The van der Waals surface area contributed by atoms with Crippen LogP contribution in [0, 0.1) is 0 Å². The van der Waals surface area contributed by atoms with Crippen LogP contribution in [0.2, 0.25) is 0 Å². The first-order valence-electron chi connectivity index (χ1n) is 3.41. The number of hydrogen-bond donors (Lipinski definition) is 2. The Morgan fingerprint density at radius 2 is 1.92 bits per heavy atom. The van der Waals surface area contributed by atoms with Crippen molar-refractivity contribution in [2.24, 2.45) is 0 Å². The first-order chi connectivity index (χ1) is 5.61. The smallest absolute Gasteiger partial charge is 0.406 e. The predicted octanol–water partition coefficient (Wildman–Crippen LogP) is -0.640. The molecule has 66 valence electrons. The average molecular weight is 172 g/mol. The lowest BCUT2D eigenvalue weighted by Gasteiger charge is -2.12. The van der Waals surface area contributed by atoms with Crippen LogP contribution >= 0.6 is 0 Å². The topological polar surface area (TPSA) is 86.7 Å². The van der Waals surface area contributed by atoms with Crippen molar-refractivity contribution in [3.8, 4) is 0 Å². The third-order valence-corrected chi connectivity index (χ3v) is 1.54. The second kappa shape index (κ2) is 3.21. The molecule has 1 saturated heterocycles. The van der Waals surface area contributed by atoms with Crippen molar-refractivity contribution in [3.63, 3.8) is 0 Å². The third kappa shape index (κ3) is 1.71. The number of nitrogens with zero attached hydrogens (tertiary/aromatic N) is 1. The Labute approximate surface area is 68.1 Å². The molecule has 1 aliphatic heterocycles. The molecule has 1 heterocycles. The summed E-state index contributed by atoms with van der Waals surface area (Å²) in [6, 6.07) is 0. The van der Waals surface area contributed by atoms with E-state index >= 15 is 0 Å². The van der Waals surface area contributed by atoms with Crippen LogP contribution in [0.25, 0.3) is 0 Å². The van der Waals surface area contributed by atoms with Crippen LogP contribution in [-0.4, -0.2) is 34.6 Å². The summed E-state index contributed by atoms with van der Waals surface area (Å²) in [5.41, 5.74) is 0. The van der Waals surface area contributed by atoms with Crippen molar-refractivity contribution < 1.29 is 19.5 Å². The Balaban J connectivity index is 2.45. The van der Waals surface area contributed by atoms with Crippen molar-refractivity contribution in [1.29, 1.82) is 0 Å². The van der Waals surface area contributed by atoms with Gasteiger partial charge in [0, 0.05) is 12.8 Å². The molecule has 12 heavy (non-hydrogen) atoms. The van der Waals surface area contributed by atoms with Crippen LogP contribution in [0.5, 0.6) is 0 Å². The van der Waals surface area contributed by atoms with Gasteiger partial charge in [-0.25, -0.2) is 4.79 Å². The van der Waals surface area contributed by atoms with Crippen LogP contribution in [0.15, 0.2) is 0 Å². The van der Waals surface area contributed by atoms with Gasteiger partial charge < -0.3 is 10.4 Å². The molecule has 3 amide bonds. The van der Waals surface area contributed by atoms with Crippen LogP contribution in [0.3, 0.4) is 0 Å². The first-order valence-corrected chi connectivity index (χ1v) is 3.41. The quantitative estimate of drug-likeness (QED) is 0.542. The average Bonchev–Trinajstić information content (AvgIpc) is 2.28.